The van der Waals surface area contributed by atoms with Crippen LogP contribution in [0.4, 0.5) is 5.82 Å². The lowest BCUT2D eigenvalue weighted by Gasteiger charge is -2.32. The van der Waals surface area contributed by atoms with Crippen LogP contribution in [0.2, 0.25) is 5.02 Å². The molecule has 2 aromatic heterocycles. The van der Waals surface area contributed by atoms with Gasteiger partial charge in [0, 0.05) is 18.1 Å². The van der Waals surface area contributed by atoms with Crippen LogP contribution in [0, 0.1) is 0 Å². The number of carbonyl (C=O) groups is 1. The molecule has 148 valence electrons. The van der Waals surface area contributed by atoms with Gasteiger partial charge in [0.25, 0.3) is 0 Å². The lowest BCUT2D eigenvalue weighted by atomic mass is 10.1. The number of nitrogens with two attached hydrogens (primary N) is 1. The van der Waals surface area contributed by atoms with Gasteiger partial charge in [0.2, 0.25) is 5.91 Å². The minimum atomic E-state index is -0.0682. The van der Waals surface area contributed by atoms with E-state index < -0.39 is 0 Å². The maximum atomic E-state index is 12.1. The summed E-state index contributed by atoms with van der Waals surface area (Å²) >= 11 is 6.07. The topological polar surface area (TPSA) is 89.9 Å². The number of hydrogen-bond donors (Lipinski definition) is 1. The molecule has 4 rings (SSSR count). The lowest BCUT2D eigenvalue weighted by molar-refractivity contribution is -0.127. The van der Waals surface area contributed by atoms with Gasteiger partial charge in [-0.15, -0.1) is 0 Å². The van der Waals surface area contributed by atoms with E-state index in [9.17, 15) is 4.79 Å². The number of carbonyl (C=O) groups excluding carboxylic acids is 1. The van der Waals surface area contributed by atoms with E-state index in [4.69, 9.17) is 22.4 Å². The highest BCUT2D eigenvalue weighted by molar-refractivity contribution is 6.30. The quantitative estimate of drug-likeness (QED) is 0.666. The summed E-state index contributed by atoms with van der Waals surface area (Å²) in [5.41, 5.74) is 8.46. The molecule has 1 amide bonds. The first-order valence-corrected chi connectivity index (χ1v) is 9.78. The molecule has 29 heavy (non-hydrogen) atoms. The Hall–Kier alpha value is -3.19. The number of amides is 1. The average Bonchev–Trinajstić information content (AvgIpc) is 3.12. The Morgan fingerprint density at radius 2 is 2.17 bits per heavy atom. The minimum Gasteiger partial charge on any atom is -0.383 e. The number of piperidine rings is 1. The largest absolute Gasteiger partial charge is 0.383 e. The monoisotopic (exact) mass is 408 g/mol. The van der Waals surface area contributed by atoms with E-state index in [1.54, 1.807) is 4.90 Å². The number of fused-ring (bicyclic) bond motifs is 1. The molecular weight excluding hydrogens is 388 g/mol. The summed E-state index contributed by atoms with van der Waals surface area (Å²) in [6, 6.07) is 7.56. The predicted octanol–water partition coefficient (Wildman–Crippen LogP) is 3.58. The molecule has 1 unspecified atom stereocenters. The molecule has 8 heteroatoms. The van der Waals surface area contributed by atoms with Gasteiger partial charge in [-0.05, 0) is 42.7 Å². The van der Waals surface area contributed by atoms with Crippen molar-refractivity contribution < 1.29 is 4.79 Å². The molecule has 1 fully saturated rings. The van der Waals surface area contributed by atoms with E-state index in [0.29, 0.717) is 34.1 Å². The molecule has 2 N–H and O–H groups in total. The summed E-state index contributed by atoms with van der Waals surface area (Å²) in [6.07, 6.45) is 8.40. The predicted molar refractivity (Wildman–Crippen MR) is 115 cm³/mol. The highest BCUT2D eigenvalue weighted by atomic mass is 35.5. The fraction of sp³-hybridized carbons (Fsp3) is 0.238. The van der Waals surface area contributed by atoms with Gasteiger partial charge < -0.3 is 10.6 Å². The molecule has 0 radical (unpaired) electrons. The van der Waals surface area contributed by atoms with Crippen molar-refractivity contribution in [2.45, 2.75) is 18.9 Å². The SMILES string of the molecule is C=CC(=O)N1CCCC(n2nc(C=Cc3cccc(Cl)c3)c3c(N)ncnc32)C1. The summed E-state index contributed by atoms with van der Waals surface area (Å²) < 4.78 is 1.87. The van der Waals surface area contributed by atoms with Gasteiger partial charge in [0.15, 0.2) is 5.65 Å². The summed E-state index contributed by atoms with van der Waals surface area (Å²) in [4.78, 5) is 22.4. The molecule has 3 aromatic rings. The number of rotatable bonds is 4. The standard InChI is InChI=1S/C21H21ClN6O/c1-2-18(29)27-10-4-7-16(12-27)28-21-19(20(23)24-13-25-21)17(26-28)9-8-14-5-3-6-15(22)11-14/h2-3,5-6,8-9,11,13,16H,1,4,7,10,12H2,(H2,23,24,25). The van der Waals surface area contributed by atoms with Gasteiger partial charge in [0.1, 0.15) is 12.1 Å². The van der Waals surface area contributed by atoms with Crippen molar-refractivity contribution in [3.8, 4) is 0 Å². The summed E-state index contributed by atoms with van der Waals surface area (Å²) in [5, 5.41) is 6.15. The van der Waals surface area contributed by atoms with Crippen molar-refractivity contribution in [2.75, 3.05) is 18.8 Å². The van der Waals surface area contributed by atoms with Crippen molar-refractivity contribution in [3.63, 3.8) is 0 Å². The Kier molecular flexibility index (Phi) is 5.31. The fourth-order valence-corrected chi connectivity index (χ4v) is 3.86. The van der Waals surface area contributed by atoms with Crippen LogP contribution >= 0.6 is 11.6 Å². The highest BCUT2D eigenvalue weighted by Crippen LogP contribution is 2.29. The molecule has 1 saturated heterocycles. The normalized spacial score (nSPS) is 17.1. The van der Waals surface area contributed by atoms with Crippen LogP contribution in [0.15, 0.2) is 43.2 Å². The third-order valence-corrected chi connectivity index (χ3v) is 5.29. The first-order chi connectivity index (χ1) is 14.1. The molecule has 1 aliphatic heterocycles. The Morgan fingerprint density at radius 1 is 1.31 bits per heavy atom. The maximum Gasteiger partial charge on any atom is 0.246 e. The number of nitrogen functional groups attached to an aromatic ring is 1. The number of aromatic nitrogens is 4. The van der Waals surface area contributed by atoms with Crippen molar-refractivity contribution in [2.24, 2.45) is 0 Å². The van der Waals surface area contributed by atoms with Gasteiger partial charge in [-0.2, -0.15) is 5.10 Å². The van der Waals surface area contributed by atoms with Gasteiger partial charge in [-0.25, -0.2) is 14.6 Å². The molecule has 0 saturated carbocycles. The molecule has 1 aromatic carbocycles. The summed E-state index contributed by atoms with van der Waals surface area (Å²) in [5.74, 6) is 0.309. The molecule has 0 aliphatic carbocycles. The minimum absolute atomic E-state index is 0.0118. The average molecular weight is 409 g/mol. The van der Waals surface area contributed by atoms with Gasteiger partial charge in [0.05, 0.1) is 17.1 Å². The fourth-order valence-electron chi connectivity index (χ4n) is 3.66. The smallest absolute Gasteiger partial charge is 0.246 e. The zero-order chi connectivity index (χ0) is 20.4. The van der Waals surface area contributed by atoms with Crippen molar-refractivity contribution in [3.05, 3.63) is 59.5 Å². The van der Waals surface area contributed by atoms with Crippen molar-refractivity contribution >= 4 is 46.5 Å². The Morgan fingerprint density at radius 3 is 2.97 bits per heavy atom. The van der Waals surface area contributed by atoms with Crippen LogP contribution in [0.5, 0.6) is 0 Å². The van der Waals surface area contributed by atoms with E-state index in [2.05, 4.69) is 16.5 Å². The molecule has 7 nitrogen and oxygen atoms in total. The van der Waals surface area contributed by atoms with E-state index in [-0.39, 0.29) is 11.9 Å². The second kappa shape index (κ2) is 8.05. The number of nitrogens with zero attached hydrogens (tertiary/aromatic N) is 5. The zero-order valence-corrected chi connectivity index (χ0v) is 16.6. The molecule has 1 atom stereocenters. The van der Waals surface area contributed by atoms with Crippen LogP contribution in [-0.2, 0) is 4.79 Å². The van der Waals surface area contributed by atoms with Crippen molar-refractivity contribution in [1.82, 2.24) is 24.6 Å². The van der Waals surface area contributed by atoms with Gasteiger partial charge >= 0.3 is 0 Å². The van der Waals surface area contributed by atoms with Crippen LogP contribution in [-0.4, -0.2) is 43.6 Å². The van der Waals surface area contributed by atoms with Gasteiger partial charge in [-0.3, -0.25) is 4.79 Å². The zero-order valence-electron chi connectivity index (χ0n) is 15.8. The number of anilines is 1. The number of hydrogen-bond acceptors (Lipinski definition) is 5. The van der Waals surface area contributed by atoms with Crippen LogP contribution in [0.25, 0.3) is 23.2 Å². The molecule has 0 spiro atoms. The second-order valence-electron chi connectivity index (χ2n) is 6.96. The Balaban J connectivity index is 1.73. The van der Waals surface area contributed by atoms with Crippen LogP contribution < -0.4 is 5.73 Å². The molecule has 3 heterocycles. The first-order valence-electron chi connectivity index (χ1n) is 9.40. The Bertz CT molecular complexity index is 1110. The number of halogens is 1. The van der Waals surface area contributed by atoms with Crippen molar-refractivity contribution in [1.29, 1.82) is 0 Å². The second-order valence-corrected chi connectivity index (χ2v) is 7.40. The lowest BCUT2D eigenvalue weighted by Crippen LogP contribution is -2.40. The third-order valence-electron chi connectivity index (χ3n) is 5.06. The summed E-state index contributed by atoms with van der Waals surface area (Å²) in [6.45, 7) is 4.87. The number of benzene rings is 1. The molecular formula is C21H21ClN6O. The van der Waals surface area contributed by atoms with Crippen LogP contribution in [0.3, 0.4) is 0 Å². The van der Waals surface area contributed by atoms with E-state index in [1.165, 1.54) is 12.4 Å². The van der Waals surface area contributed by atoms with E-state index in [0.717, 1.165) is 24.9 Å². The molecule has 0 bridgehead atoms. The maximum absolute atomic E-state index is 12.1. The third kappa shape index (κ3) is 3.86. The number of likely N-dealkylation sites (tertiary alicyclic amines) is 1. The summed E-state index contributed by atoms with van der Waals surface area (Å²) in [7, 11) is 0. The first kappa shape index (κ1) is 19.1. The highest BCUT2D eigenvalue weighted by Gasteiger charge is 2.27. The van der Waals surface area contributed by atoms with Gasteiger partial charge in [-0.1, -0.05) is 36.4 Å². The molecule has 1 aliphatic rings. The van der Waals surface area contributed by atoms with E-state index >= 15 is 0 Å². The van der Waals surface area contributed by atoms with Crippen LogP contribution in [0.1, 0.15) is 30.1 Å². The van der Waals surface area contributed by atoms with E-state index in [1.807, 2.05) is 41.1 Å². The Labute approximate surface area is 173 Å².